The number of imide groups is 1. The van der Waals surface area contributed by atoms with Gasteiger partial charge in [0.2, 0.25) is 0 Å². The van der Waals surface area contributed by atoms with Crippen LogP contribution in [-0.4, -0.2) is 58.6 Å². The molecule has 0 bridgehead atoms. The van der Waals surface area contributed by atoms with Crippen LogP contribution in [0.15, 0.2) is 24.3 Å². The van der Waals surface area contributed by atoms with Crippen molar-refractivity contribution in [2.45, 2.75) is 31.8 Å². The number of hydrogen-bond donors (Lipinski definition) is 2. The lowest BCUT2D eigenvalue weighted by Crippen LogP contribution is -2.54. The second kappa shape index (κ2) is 7.09. The molecule has 6 nitrogen and oxygen atoms in total. The summed E-state index contributed by atoms with van der Waals surface area (Å²) in [6.45, 7) is 4.32. The number of benzene rings is 1. The molecular weight excluding hydrogens is 325 g/mol. The number of piperidine rings is 1. The Bertz CT molecular complexity index is 643. The number of likely N-dealkylation sites (tertiary alicyclic amines) is 1. The van der Waals surface area contributed by atoms with E-state index in [1.807, 2.05) is 0 Å². The Labute approximate surface area is 146 Å². The predicted octanol–water partition coefficient (Wildman–Crippen LogP) is 1.34. The highest BCUT2D eigenvalue weighted by atomic mass is 19.1. The van der Waals surface area contributed by atoms with Crippen LogP contribution >= 0.6 is 0 Å². The highest BCUT2D eigenvalue weighted by Gasteiger charge is 2.52. The molecule has 136 valence electrons. The summed E-state index contributed by atoms with van der Waals surface area (Å²) < 4.78 is 13.0. The van der Waals surface area contributed by atoms with Crippen LogP contribution < -0.4 is 5.32 Å². The Morgan fingerprint density at radius 2 is 1.88 bits per heavy atom. The smallest absolute Gasteiger partial charge is 0.325 e. The number of aliphatic hydroxyl groups excluding tert-OH is 1. The number of rotatable bonds is 5. The number of carbonyl (C=O) groups is 2. The summed E-state index contributed by atoms with van der Waals surface area (Å²) in [5.74, 6) is -0.500. The molecule has 0 aliphatic carbocycles. The van der Waals surface area contributed by atoms with Gasteiger partial charge in [0.1, 0.15) is 11.4 Å². The van der Waals surface area contributed by atoms with Crippen LogP contribution in [-0.2, 0) is 11.3 Å². The molecule has 1 aromatic carbocycles. The minimum Gasteiger partial charge on any atom is -0.395 e. The fraction of sp³-hybridized carbons (Fsp3) is 0.556. The number of nitrogens with zero attached hydrogens (tertiary/aromatic N) is 2. The third-order valence-corrected chi connectivity index (χ3v) is 5.38. The highest BCUT2D eigenvalue weighted by Crippen LogP contribution is 2.33. The van der Waals surface area contributed by atoms with Crippen LogP contribution in [0.25, 0.3) is 0 Å². The van der Waals surface area contributed by atoms with Gasteiger partial charge >= 0.3 is 6.03 Å². The van der Waals surface area contributed by atoms with Crippen LogP contribution in [0.4, 0.5) is 9.18 Å². The molecule has 3 amide bonds. The average molecular weight is 349 g/mol. The topological polar surface area (TPSA) is 72.9 Å². The van der Waals surface area contributed by atoms with E-state index in [9.17, 15) is 14.0 Å². The quantitative estimate of drug-likeness (QED) is 0.787. The largest absolute Gasteiger partial charge is 0.395 e. The summed E-state index contributed by atoms with van der Waals surface area (Å²) in [5.41, 5.74) is -0.186. The van der Waals surface area contributed by atoms with Crippen molar-refractivity contribution in [3.8, 4) is 0 Å². The fourth-order valence-electron chi connectivity index (χ4n) is 3.78. The van der Waals surface area contributed by atoms with Gasteiger partial charge in [0, 0.05) is 6.54 Å². The number of β-amino-alcohol motifs (C(OH)–C–C–N with tert-alkyl or cyclic N) is 1. The van der Waals surface area contributed by atoms with Crippen molar-refractivity contribution in [2.75, 3.05) is 26.2 Å². The molecule has 2 N–H and O–H groups in total. The second-order valence-electron chi connectivity index (χ2n) is 6.99. The molecule has 25 heavy (non-hydrogen) atoms. The monoisotopic (exact) mass is 349 g/mol. The van der Waals surface area contributed by atoms with Crippen molar-refractivity contribution < 1.29 is 19.1 Å². The van der Waals surface area contributed by atoms with Gasteiger partial charge in [-0.05, 0) is 56.5 Å². The van der Waals surface area contributed by atoms with E-state index in [0.717, 1.165) is 25.9 Å². The van der Waals surface area contributed by atoms with E-state index >= 15 is 0 Å². The van der Waals surface area contributed by atoms with Crippen molar-refractivity contribution in [1.82, 2.24) is 15.1 Å². The maximum atomic E-state index is 13.0. The SMILES string of the molecule is CC1(C2CCN(CCO)CC2)NC(=O)N(Cc2ccc(F)cc2)C1=O. The molecule has 1 aromatic rings. The minimum atomic E-state index is -0.900. The van der Waals surface area contributed by atoms with Gasteiger partial charge in [0.15, 0.2) is 0 Å². The average Bonchev–Trinajstić information content (AvgIpc) is 2.82. The van der Waals surface area contributed by atoms with E-state index in [4.69, 9.17) is 5.11 Å². The lowest BCUT2D eigenvalue weighted by molar-refractivity contribution is -0.133. The first-order valence-corrected chi connectivity index (χ1v) is 8.66. The van der Waals surface area contributed by atoms with Gasteiger partial charge < -0.3 is 15.3 Å². The molecule has 2 fully saturated rings. The number of aliphatic hydroxyl groups is 1. The Balaban J connectivity index is 1.68. The van der Waals surface area contributed by atoms with Crippen LogP contribution in [0, 0.1) is 11.7 Å². The Morgan fingerprint density at radius 1 is 1.24 bits per heavy atom. The summed E-state index contributed by atoms with van der Waals surface area (Å²) in [4.78, 5) is 28.7. The normalized spacial score (nSPS) is 25.5. The Kier molecular flexibility index (Phi) is 5.06. The zero-order valence-electron chi connectivity index (χ0n) is 14.4. The van der Waals surface area contributed by atoms with Crippen molar-refractivity contribution >= 4 is 11.9 Å². The van der Waals surface area contributed by atoms with Gasteiger partial charge in [0.25, 0.3) is 5.91 Å². The summed E-state index contributed by atoms with van der Waals surface area (Å²) in [7, 11) is 0. The number of nitrogens with one attached hydrogen (secondary N) is 1. The van der Waals surface area contributed by atoms with E-state index in [2.05, 4.69) is 10.2 Å². The third kappa shape index (κ3) is 3.52. The summed E-state index contributed by atoms with van der Waals surface area (Å²) >= 11 is 0. The van der Waals surface area contributed by atoms with E-state index in [1.54, 1.807) is 19.1 Å². The van der Waals surface area contributed by atoms with Crippen molar-refractivity contribution in [1.29, 1.82) is 0 Å². The van der Waals surface area contributed by atoms with Gasteiger partial charge in [-0.1, -0.05) is 12.1 Å². The Hall–Kier alpha value is -1.99. The number of carbonyl (C=O) groups excluding carboxylic acids is 2. The van der Waals surface area contributed by atoms with Crippen LogP contribution in [0.3, 0.4) is 0 Å². The minimum absolute atomic E-state index is 0.0668. The number of hydrogen-bond acceptors (Lipinski definition) is 4. The number of urea groups is 1. The molecule has 0 spiro atoms. The highest BCUT2D eigenvalue weighted by molar-refractivity contribution is 6.06. The van der Waals surface area contributed by atoms with Crippen LogP contribution in [0.2, 0.25) is 0 Å². The van der Waals surface area contributed by atoms with Gasteiger partial charge in [-0.2, -0.15) is 0 Å². The first-order valence-electron chi connectivity index (χ1n) is 8.66. The molecule has 2 aliphatic rings. The molecule has 2 saturated heterocycles. The molecular formula is C18H24FN3O3. The third-order valence-electron chi connectivity index (χ3n) is 5.38. The molecule has 1 atom stereocenters. The molecule has 3 rings (SSSR count). The maximum Gasteiger partial charge on any atom is 0.325 e. The van der Waals surface area contributed by atoms with E-state index in [-0.39, 0.29) is 30.8 Å². The Morgan fingerprint density at radius 3 is 2.48 bits per heavy atom. The van der Waals surface area contributed by atoms with Gasteiger partial charge in [-0.25, -0.2) is 9.18 Å². The molecule has 1 unspecified atom stereocenters. The van der Waals surface area contributed by atoms with Gasteiger partial charge in [-0.15, -0.1) is 0 Å². The number of amides is 3. The lowest BCUT2D eigenvalue weighted by atomic mass is 9.79. The number of halogens is 1. The fourth-order valence-corrected chi connectivity index (χ4v) is 3.78. The van der Waals surface area contributed by atoms with Crippen molar-refractivity contribution in [3.63, 3.8) is 0 Å². The van der Waals surface area contributed by atoms with Crippen LogP contribution in [0.1, 0.15) is 25.3 Å². The van der Waals surface area contributed by atoms with Crippen LogP contribution in [0.5, 0.6) is 0 Å². The summed E-state index contributed by atoms with van der Waals surface area (Å²) in [6.07, 6.45) is 1.60. The summed E-state index contributed by atoms with van der Waals surface area (Å²) in [6, 6.07) is 5.42. The predicted molar refractivity (Wildman–Crippen MR) is 90.1 cm³/mol. The first-order chi connectivity index (χ1) is 11.9. The molecule has 2 aliphatic heterocycles. The molecule has 7 heteroatoms. The van der Waals surface area contributed by atoms with Gasteiger partial charge in [-0.3, -0.25) is 9.69 Å². The maximum absolute atomic E-state index is 13.0. The van der Waals surface area contributed by atoms with Crippen molar-refractivity contribution in [2.24, 2.45) is 5.92 Å². The lowest BCUT2D eigenvalue weighted by Gasteiger charge is -2.38. The van der Waals surface area contributed by atoms with E-state index in [0.29, 0.717) is 12.1 Å². The molecule has 0 radical (unpaired) electrons. The first kappa shape index (κ1) is 17.8. The van der Waals surface area contributed by atoms with Gasteiger partial charge in [0.05, 0.1) is 13.2 Å². The molecule has 0 aromatic heterocycles. The van der Waals surface area contributed by atoms with E-state index in [1.165, 1.54) is 17.0 Å². The summed E-state index contributed by atoms with van der Waals surface area (Å²) in [5, 5.41) is 11.9. The molecule has 0 saturated carbocycles. The zero-order valence-corrected chi connectivity index (χ0v) is 14.4. The standard InChI is InChI=1S/C18H24FN3O3/c1-18(14-6-8-21(9-7-14)10-11-23)16(24)22(17(25)20-18)12-13-2-4-15(19)5-3-13/h2-5,14,23H,6-12H2,1H3,(H,20,25). The molecule has 2 heterocycles. The second-order valence-corrected chi connectivity index (χ2v) is 6.99. The van der Waals surface area contributed by atoms with E-state index < -0.39 is 11.6 Å². The van der Waals surface area contributed by atoms with Crippen molar-refractivity contribution in [3.05, 3.63) is 35.6 Å². The zero-order chi connectivity index (χ0) is 18.0.